The molecule has 1 N–H and O–H groups in total. The zero-order valence-corrected chi connectivity index (χ0v) is 7.85. The summed E-state index contributed by atoms with van der Waals surface area (Å²) in [5.74, 6) is 0. The van der Waals surface area contributed by atoms with Gasteiger partial charge >= 0.3 is 0 Å². The minimum Gasteiger partial charge on any atom is -0.386 e. The molecule has 0 unspecified atom stereocenters. The minimum atomic E-state index is -0.653. The number of rotatable bonds is 4. The number of ether oxygens (including phenoxy) is 2. The van der Waals surface area contributed by atoms with E-state index in [9.17, 15) is 5.11 Å². The summed E-state index contributed by atoms with van der Waals surface area (Å²) in [6.45, 7) is 6.04. The third-order valence-corrected chi connectivity index (χ3v) is 1.89. The highest BCUT2D eigenvalue weighted by molar-refractivity contribution is 5.02. The van der Waals surface area contributed by atoms with Crippen molar-refractivity contribution in [3.63, 3.8) is 0 Å². The summed E-state index contributed by atoms with van der Waals surface area (Å²) < 4.78 is 10.7. The highest BCUT2D eigenvalue weighted by Gasteiger charge is 2.22. The molecule has 0 spiro atoms. The molecule has 0 amide bonds. The van der Waals surface area contributed by atoms with Gasteiger partial charge in [-0.2, -0.15) is 0 Å². The highest BCUT2D eigenvalue weighted by Crippen LogP contribution is 2.16. The van der Waals surface area contributed by atoms with Crippen LogP contribution in [0.4, 0.5) is 0 Å². The summed E-state index contributed by atoms with van der Waals surface area (Å²) in [5.41, 5.74) is 0. The zero-order valence-electron chi connectivity index (χ0n) is 7.85. The van der Waals surface area contributed by atoms with Crippen molar-refractivity contribution in [2.75, 3.05) is 6.61 Å². The predicted molar refractivity (Wildman–Crippen MR) is 50.2 cm³/mol. The second kappa shape index (κ2) is 5.17. The Bertz CT molecular complexity index is 189. The summed E-state index contributed by atoms with van der Waals surface area (Å²) in [4.78, 5) is 0. The maximum atomic E-state index is 9.42. The molecule has 13 heavy (non-hydrogen) atoms. The van der Waals surface area contributed by atoms with Gasteiger partial charge in [0.2, 0.25) is 0 Å². The fourth-order valence-corrected chi connectivity index (χ4v) is 1.22. The summed E-state index contributed by atoms with van der Waals surface area (Å²) >= 11 is 0. The summed E-state index contributed by atoms with van der Waals surface area (Å²) in [7, 11) is 0. The molecule has 74 valence electrons. The lowest BCUT2D eigenvalue weighted by Gasteiger charge is -2.27. The van der Waals surface area contributed by atoms with E-state index < -0.39 is 6.10 Å². The standard InChI is InChI=1S/C10H16O3/c1-3-8(11)9-6-5-7-10(13-9)12-4-2/h3,5-6,8-11H,1,4,7H2,2H3/t8-,9-,10+/m1/s1. The number of aliphatic hydroxyl groups is 1. The number of hydrogen-bond donors (Lipinski definition) is 1. The highest BCUT2D eigenvalue weighted by atomic mass is 16.7. The fraction of sp³-hybridized carbons (Fsp3) is 0.600. The van der Waals surface area contributed by atoms with Crippen LogP contribution in [0.1, 0.15) is 13.3 Å². The largest absolute Gasteiger partial charge is 0.386 e. The van der Waals surface area contributed by atoms with Crippen LogP contribution < -0.4 is 0 Å². The predicted octanol–water partition coefficient (Wildman–Crippen LogP) is 1.24. The van der Waals surface area contributed by atoms with E-state index >= 15 is 0 Å². The lowest BCUT2D eigenvalue weighted by molar-refractivity contribution is -0.175. The Labute approximate surface area is 78.7 Å². The van der Waals surface area contributed by atoms with Gasteiger partial charge in [-0.25, -0.2) is 0 Å². The van der Waals surface area contributed by atoms with E-state index in [1.54, 1.807) is 0 Å². The monoisotopic (exact) mass is 184 g/mol. The zero-order chi connectivity index (χ0) is 9.68. The van der Waals surface area contributed by atoms with Gasteiger partial charge in [0.05, 0.1) is 0 Å². The maximum Gasteiger partial charge on any atom is 0.161 e. The Balaban J connectivity index is 2.46. The second-order valence-electron chi connectivity index (χ2n) is 2.88. The molecule has 3 nitrogen and oxygen atoms in total. The van der Waals surface area contributed by atoms with E-state index in [4.69, 9.17) is 9.47 Å². The van der Waals surface area contributed by atoms with Gasteiger partial charge in [0, 0.05) is 13.0 Å². The van der Waals surface area contributed by atoms with Crippen molar-refractivity contribution in [2.45, 2.75) is 31.8 Å². The van der Waals surface area contributed by atoms with Gasteiger partial charge < -0.3 is 14.6 Å². The average molecular weight is 184 g/mol. The SMILES string of the molecule is C=C[C@@H](O)[C@H]1C=CC[C@@H](OCC)O1. The maximum absolute atomic E-state index is 9.42. The second-order valence-corrected chi connectivity index (χ2v) is 2.88. The lowest BCUT2D eigenvalue weighted by Crippen LogP contribution is -2.33. The molecule has 0 aromatic heterocycles. The smallest absolute Gasteiger partial charge is 0.161 e. The third-order valence-electron chi connectivity index (χ3n) is 1.89. The van der Waals surface area contributed by atoms with E-state index in [0.29, 0.717) is 6.61 Å². The number of aliphatic hydroxyl groups excluding tert-OH is 1. The molecular weight excluding hydrogens is 168 g/mol. The summed E-state index contributed by atoms with van der Waals surface area (Å²) in [6.07, 6.45) is 4.80. The molecule has 0 radical (unpaired) electrons. The van der Waals surface area contributed by atoms with Crippen LogP contribution in [0.5, 0.6) is 0 Å². The van der Waals surface area contributed by atoms with Crippen molar-refractivity contribution in [1.29, 1.82) is 0 Å². The van der Waals surface area contributed by atoms with E-state index in [1.165, 1.54) is 6.08 Å². The van der Waals surface area contributed by atoms with Gasteiger partial charge in [-0.3, -0.25) is 0 Å². The molecule has 0 bridgehead atoms. The van der Waals surface area contributed by atoms with Crippen LogP contribution in [-0.4, -0.2) is 30.2 Å². The Morgan fingerprint density at radius 3 is 3.23 bits per heavy atom. The Kier molecular flexibility index (Phi) is 4.15. The molecule has 0 fully saturated rings. The van der Waals surface area contributed by atoms with E-state index in [1.807, 2.05) is 19.1 Å². The van der Waals surface area contributed by atoms with Gasteiger partial charge in [0.25, 0.3) is 0 Å². The van der Waals surface area contributed by atoms with E-state index in [2.05, 4.69) is 6.58 Å². The first-order chi connectivity index (χ1) is 6.27. The minimum absolute atomic E-state index is 0.227. The Morgan fingerprint density at radius 2 is 2.62 bits per heavy atom. The topological polar surface area (TPSA) is 38.7 Å². The van der Waals surface area contributed by atoms with Crippen molar-refractivity contribution in [3.8, 4) is 0 Å². The average Bonchev–Trinajstić information content (AvgIpc) is 2.18. The van der Waals surface area contributed by atoms with Crippen molar-refractivity contribution >= 4 is 0 Å². The van der Waals surface area contributed by atoms with Gasteiger partial charge in [0.15, 0.2) is 6.29 Å². The molecule has 1 aliphatic rings. The van der Waals surface area contributed by atoms with Gasteiger partial charge in [0.1, 0.15) is 12.2 Å². The first-order valence-corrected chi connectivity index (χ1v) is 4.52. The molecule has 3 atom stereocenters. The Hall–Kier alpha value is -0.640. The first-order valence-electron chi connectivity index (χ1n) is 4.52. The molecule has 1 heterocycles. The van der Waals surface area contributed by atoms with Crippen LogP contribution in [0.3, 0.4) is 0 Å². The van der Waals surface area contributed by atoms with Crippen molar-refractivity contribution in [1.82, 2.24) is 0 Å². The molecule has 0 aromatic rings. The number of hydrogen-bond acceptors (Lipinski definition) is 3. The Morgan fingerprint density at radius 1 is 1.85 bits per heavy atom. The first kappa shape index (κ1) is 10.4. The fourth-order valence-electron chi connectivity index (χ4n) is 1.22. The van der Waals surface area contributed by atoms with Crippen molar-refractivity contribution in [2.24, 2.45) is 0 Å². The lowest BCUT2D eigenvalue weighted by atomic mass is 10.1. The summed E-state index contributed by atoms with van der Waals surface area (Å²) in [6, 6.07) is 0. The van der Waals surface area contributed by atoms with Gasteiger partial charge in [-0.1, -0.05) is 18.2 Å². The van der Waals surface area contributed by atoms with Crippen LogP contribution in [0.15, 0.2) is 24.8 Å². The third kappa shape index (κ3) is 2.95. The molecular formula is C10H16O3. The van der Waals surface area contributed by atoms with Crippen LogP contribution in [-0.2, 0) is 9.47 Å². The summed E-state index contributed by atoms with van der Waals surface area (Å²) in [5, 5.41) is 9.42. The molecule has 3 heteroatoms. The molecule has 1 aliphatic heterocycles. The van der Waals surface area contributed by atoms with Crippen LogP contribution in [0, 0.1) is 0 Å². The molecule has 0 saturated heterocycles. The van der Waals surface area contributed by atoms with Crippen molar-refractivity contribution < 1.29 is 14.6 Å². The molecule has 1 rings (SSSR count). The van der Waals surface area contributed by atoms with Gasteiger partial charge in [-0.05, 0) is 6.92 Å². The molecule has 0 saturated carbocycles. The van der Waals surface area contributed by atoms with E-state index in [0.717, 1.165) is 6.42 Å². The van der Waals surface area contributed by atoms with Crippen LogP contribution >= 0.6 is 0 Å². The van der Waals surface area contributed by atoms with E-state index in [-0.39, 0.29) is 12.4 Å². The van der Waals surface area contributed by atoms with Gasteiger partial charge in [-0.15, -0.1) is 6.58 Å². The van der Waals surface area contributed by atoms with Crippen LogP contribution in [0.25, 0.3) is 0 Å². The normalized spacial score (nSPS) is 30.0. The quantitative estimate of drug-likeness (QED) is 0.668. The molecule has 0 aromatic carbocycles. The van der Waals surface area contributed by atoms with Crippen molar-refractivity contribution in [3.05, 3.63) is 24.8 Å². The molecule has 0 aliphatic carbocycles. The van der Waals surface area contributed by atoms with Crippen LogP contribution in [0.2, 0.25) is 0 Å².